The van der Waals surface area contributed by atoms with Crippen molar-refractivity contribution < 1.29 is 9.32 Å². The molecule has 1 unspecified atom stereocenters. The summed E-state index contributed by atoms with van der Waals surface area (Å²) < 4.78 is 5.02. The molecule has 1 aliphatic heterocycles. The Morgan fingerprint density at radius 2 is 2.09 bits per heavy atom. The number of carbonyl (C=O) groups excluding carboxylic acids is 1. The van der Waals surface area contributed by atoms with E-state index in [4.69, 9.17) is 4.52 Å². The Balaban J connectivity index is 1.53. The highest BCUT2D eigenvalue weighted by molar-refractivity contribution is 5.93. The maximum Gasteiger partial charge on any atom is 0.243 e. The highest BCUT2D eigenvalue weighted by Crippen LogP contribution is 2.15. The van der Waals surface area contributed by atoms with Gasteiger partial charge in [0.05, 0.1) is 17.9 Å². The fourth-order valence-electron chi connectivity index (χ4n) is 2.61. The fourth-order valence-corrected chi connectivity index (χ4v) is 2.61. The van der Waals surface area contributed by atoms with Crippen LogP contribution in [0.4, 0.5) is 11.7 Å². The van der Waals surface area contributed by atoms with Crippen molar-refractivity contribution in [3.05, 3.63) is 30.4 Å². The van der Waals surface area contributed by atoms with Gasteiger partial charge in [-0.2, -0.15) is 0 Å². The molecule has 2 aromatic rings. The van der Waals surface area contributed by atoms with Crippen molar-refractivity contribution in [3.63, 3.8) is 0 Å². The minimum Gasteiger partial charge on any atom is -0.353 e. The number of carbonyl (C=O) groups is 1. The third-order valence-electron chi connectivity index (χ3n) is 3.99. The number of aryl methyl sites for hydroxylation is 1. The number of rotatable bonds is 4. The molecule has 0 saturated carbocycles. The molecule has 0 aliphatic carbocycles. The van der Waals surface area contributed by atoms with Crippen LogP contribution in [0, 0.1) is 6.92 Å². The second-order valence-electron chi connectivity index (χ2n) is 5.58. The Kier molecular flexibility index (Phi) is 4.52. The van der Waals surface area contributed by atoms with Crippen LogP contribution in [0.3, 0.4) is 0 Å². The van der Waals surface area contributed by atoms with E-state index in [9.17, 15) is 4.79 Å². The Hall–Kier alpha value is -2.48. The van der Waals surface area contributed by atoms with Crippen molar-refractivity contribution in [1.82, 2.24) is 20.0 Å². The van der Waals surface area contributed by atoms with Crippen LogP contribution < -0.4 is 10.2 Å². The quantitative estimate of drug-likeness (QED) is 0.897. The molecule has 1 fully saturated rings. The van der Waals surface area contributed by atoms with Crippen molar-refractivity contribution in [1.29, 1.82) is 0 Å². The first-order valence-corrected chi connectivity index (χ1v) is 7.62. The van der Waals surface area contributed by atoms with Crippen molar-refractivity contribution in [2.75, 3.05) is 36.4 Å². The first kappa shape index (κ1) is 15.4. The number of amides is 1. The number of nitrogens with one attached hydrogen (secondary N) is 1. The maximum atomic E-state index is 12.3. The van der Waals surface area contributed by atoms with Gasteiger partial charge in [0.15, 0.2) is 0 Å². The molecule has 8 nitrogen and oxygen atoms in total. The second kappa shape index (κ2) is 6.74. The zero-order valence-electron chi connectivity index (χ0n) is 13.3. The number of hydrogen-bond donors (Lipinski definition) is 1. The van der Waals surface area contributed by atoms with Gasteiger partial charge in [-0.25, -0.2) is 4.98 Å². The zero-order valence-corrected chi connectivity index (χ0v) is 13.3. The van der Waals surface area contributed by atoms with Gasteiger partial charge in [-0.05, 0) is 13.8 Å². The highest BCUT2D eigenvalue weighted by atomic mass is 16.5. The van der Waals surface area contributed by atoms with Crippen molar-refractivity contribution in [3.8, 4) is 0 Å². The van der Waals surface area contributed by atoms with Gasteiger partial charge in [0.25, 0.3) is 0 Å². The Bertz CT molecular complexity index is 651. The molecule has 1 aliphatic rings. The van der Waals surface area contributed by atoms with Crippen molar-refractivity contribution in [2.45, 2.75) is 19.9 Å². The summed E-state index contributed by atoms with van der Waals surface area (Å²) in [6, 6.07) is 1.47. The summed E-state index contributed by atoms with van der Waals surface area (Å²) in [6.45, 7) is 6.93. The first-order chi connectivity index (χ1) is 11.1. The van der Waals surface area contributed by atoms with Crippen molar-refractivity contribution in [2.24, 2.45) is 0 Å². The van der Waals surface area contributed by atoms with Crippen LogP contribution >= 0.6 is 0 Å². The number of hydrogen-bond acceptors (Lipinski definition) is 7. The van der Waals surface area contributed by atoms with E-state index in [1.807, 2.05) is 13.8 Å². The molecular weight excluding hydrogens is 296 g/mol. The van der Waals surface area contributed by atoms with Gasteiger partial charge in [-0.15, -0.1) is 0 Å². The molecule has 1 N–H and O–H groups in total. The SMILES string of the molecule is Cc1cc(NC(=O)C(C)N2CCN(c3cnccn3)CC2)on1. The molecule has 0 radical (unpaired) electrons. The zero-order chi connectivity index (χ0) is 16.2. The van der Waals surface area contributed by atoms with Crippen molar-refractivity contribution >= 4 is 17.6 Å². The summed E-state index contributed by atoms with van der Waals surface area (Å²) in [5.74, 6) is 1.17. The summed E-state index contributed by atoms with van der Waals surface area (Å²) in [5.41, 5.74) is 0.741. The van der Waals surface area contributed by atoms with E-state index in [-0.39, 0.29) is 11.9 Å². The van der Waals surface area contributed by atoms with Gasteiger partial charge in [-0.3, -0.25) is 20.0 Å². The number of anilines is 2. The highest BCUT2D eigenvalue weighted by Gasteiger charge is 2.26. The standard InChI is InChI=1S/C15H20N6O2/c1-11-9-14(23-19-11)18-15(22)12(2)20-5-7-21(8-6-20)13-10-16-3-4-17-13/h3-4,9-10,12H,5-8H2,1-2H3,(H,18,22). The van der Waals surface area contributed by atoms with E-state index in [0.717, 1.165) is 37.7 Å². The molecular formula is C15H20N6O2. The van der Waals surface area contributed by atoms with Crippen LogP contribution in [0.25, 0.3) is 0 Å². The molecule has 2 aromatic heterocycles. The molecule has 1 amide bonds. The molecule has 1 atom stereocenters. The molecule has 0 bridgehead atoms. The normalized spacial score (nSPS) is 17.0. The maximum absolute atomic E-state index is 12.3. The van der Waals surface area contributed by atoms with E-state index in [2.05, 4.69) is 30.2 Å². The summed E-state index contributed by atoms with van der Waals surface area (Å²) >= 11 is 0. The predicted octanol–water partition coefficient (Wildman–Crippen LogP) is 0.922. The average Bonchev–Trinajstić information content (AvgIpc) is 3.00. The monoisotopic (exact) mass is 316 g/mol. The molecule has 0 spiro atoms. The van der Waals surface area contributed by atoms with Gasteiger partial charge in [0.1, 0.15) is 5.82 Å². The Morgan fingerprint density at radius 3 is 2.70 bits per heavy atom. The van der Waals surface area contributed by atoms with Crippen LogP contribution in [0.1, 0.15) is 12.6 Å². The fraction of sp³-hybridized carbons (Fsp3) is 0.467. The molecule has 122 valence electrons. The van der Waals surface area contributed by atoms with Crippen LogP contribution in [0.15, 0.2) is 29.2 Å². The smallest absolute Gasteiger partial charge is 0.243 e. The van der Waals surface area contributed by atoms with E-state index in [1.165, 1.54) is 0 Å². The minimum atomic E-state index is -0.232. The van der Waals surface area contributed by atoms with Crippen LogP contribution in [-0.2, 0) is 4.79 Å². The predicted molar refractivity (Wildman–Crippen MR) is 85.1 cm³/mol. The first-order valence-electron chi connectivity index (χ1n) is 7.62. The number of piperazine rings is 1. The van der Waals surface area contributed by atoms with Gasteiger partial charge >= 0.3 is 0 Å². The number of aromatic nitrogens is 3. The van der Waals surface area contributed by atoms with Gasteiger partial charge < -0.3 is 9.42 Å². The van der Waals surface area contributed by atoms with Crippen LogP contribution in [0.5, 0.6) is 0 Å². The Morgan fingerprint density at radius 1 is 1.30 bits per heavy atom. The van der Waals surface area contributed by atoms with E-state index in [1.54, 1.807) is 24.7 Å². The van der Waals surface area contributed by atoms with E-state index < -0.39 is 0 Å². The lowest BCUT2D eigenvalue weighted by atomic mass is 10.2. The minimum absolute atomic E-state index is 0.0888. The third-order valence-corrected chi connectivity index (χ3v) is 3.99. The van der Waals surface area contributed by atoms with E-state index >= 15 is 0 Å². The van der Waals surface area contributed by atoms with Gasteiger partial charge in [-0.1, -0.05) is 5.16 Å². The molecule has 1 saturated heterocycles. The molecule has 3 heterocycles. The largest absolute Gasteiger partial charge is 0.353 e. The summed E-state index contributed by atoms with van der Waals surface area (Å²) in [7, 11) is 0. The average molecular weight is 316 g/mol. The second-order valence-corrected chi connectivity index (χ2v) is 5.58. The molecule has 8 heteroatoms. The van der Waals surface area contributed by atoms with E-state index in [0.29, 0.717) is 5.88 Å². The lowest BCUT2D eigenvalue weighted by Gasteiger charge is -2.37. The molecule has 0 aromatic carbocycles. The lowest BCUT2D eigenvalue weighted by Crippen LogP contribution is -2.53. The lowest BCUT2D eigenvalue weighted by molar-refractivity contribution is -0.121. The molecule has 23 heavy (non-hydrogen) atoms. The number of nitrogens with zero attached hydrogens (tertiary/aromatic N) is 5. The summed E-state index contributed by atoms with van der Waals surface area (Å²) in [4.78, 5) is 25.0. The third kappa shape index (κ3) is 3.65. The van der Waals surface area contributed by atoms with Gasteiger partial charge in [0, 0.05) is 44.6 Å². The van der Waals surface area contributed by atoms with Gasteiger partial charge in [0.2, 0.25) is 11.8 Å². The summed E-state index contributed by atoms with van der Waals surface area (Å²) in [6.07, 6.45) is 5.12. The Labute approximate surface area is 134 Å². The molecule has 3 rings (SSSR count). The van der Waals surface area contributed by atoms with Crippen LogP contribution in [0.2, 0.25) is 0 Å². The topological polar surface area (TPSA) is 87.4 Å². The summed E-state index contributed by atoms with van der Waals surface area (Å²) in [5, 5.41) is 6.52. The van der Waals surface area contributed by atoms with Crippen LogP contribution in [-0.4, -0.2) is 58.2 Å².